The number of methoxy groups -OCH3 is 2. The molecule has 13 heteroatoms. The van der Waals surface area contributed by atoms with Crippen LogP contribution in [0.2, 0.25) is 0 Å². The second kappa shape index (κ2) is 12.9. The fourth-order valence-electron chi connectivity index (χ4n) is 6.08. The highest BCUT2D eigenvalue weighted by Gasteiger charge is 2.43. The van der Waals surface area contributed by atoms with Crippen molar-refractivity contribution < 1.29 is 54.5 Å². The SMILES string of the molecule is COC(=O)c1ccc(-c2ccc(OC)c(C3=C(CN4C(=O)O[C@H](c5cc(C(F)(F)F)cc(C(F)(F)F)c5)[C@@H]4C)CCCC3)c2)c(F)c1. The number of benzene rings is 3. The van der Waals surface area contributed by atoms with Gasteiger partial charge in [0.05, 0.1) is 37.0 Å². The normalized spacial score (nSPS) is 18.8. The highest BCUT2D eigenvalue weighted by molar-refractivity contribution is 5.90. The number of nitrogens with zero attached hydrogens (tertiary/aromatic N) is 1. The first-order valence-corrected chi connectivity index (χ1v) is 14.7. The highest BCUT2D eigenvalue weighted by atomic mass is 19.4. The van der Waals surface area contributed by atoms with Crippen molar-refractivity contribution in [3.05, 3.63) is 93.8 Å². The smallest absolute Gasteiger partial charge is 0.416 e. The molecule has 0 unspecified atom stereocenters. The molecule has 3 aromatic rings. The second-order valence-electron chi connectivity index (χ2n) is 11.4. The standard InChI is InChI=1S/C34H30F7NO5/c1-18-30(22-12-23(33(36,37)38)16-24(13-22)34(39,40)41)47-32(44)42(18)17-21-6-4-5-7-25(21)27-14-19(9-11-29(27)45-2)26-10-8-20(15-28(26)35)31(43)46-3/h8-16,18,30H,4-7,17H2,1-3H3/t18-,30-/m0/s1. The summed E-state index contributed by atoms with van der Waals surface area (Å²) in [7, 11) is 2.67. The number of carbonyl (C=O) groups excluding carboxylic acids is 2. The van der Waals surface area contributed by atoms with Gasteiger partial charge >= 0.3 is 24.4 Å². The molecule has 0 aromatic heterocycles. The molecule has 5 rings (SSSR count). The average Bonchev–Trinajstić information content (AvgIpc) is 3.31. The molecule has 1 amide bonds. The Labute approximate surface area is 265 Å². The number of carbonyl (C=O) groups is 2. The number of allylic oxidation sites excluding steroid dienone is 1. The zero-order valence-corrected chi connectivity index (χ0v) is 25.5. The van der Waals surface area contributed by atoms with E-state index in [-0.39, 0.29) is 23.7 Å². The average molecular weight is 666 g/mol. The molecule has 1 fully saturated rings. The number of esters is 1. The first-order chi connectivity index (χ1) is 22.1. The Balaban J connectivity index is 1.50. The number of amides is 1. The molecular weight excluding hydrogens is 635 g/mol. The van der Waals surface area contributed by atoms with Gasteiger partial charge in [0.25, 0.3) is 0 Å². The molecule has 3 aromatic carbocycles. The largest absolute Gasteiger partial charge is 0.496 e. The van der Waals surface area contributed by atoms with Gasteiger partial charge in [-0.05, 0) is 97.3 Å². The summed E-state index contributed by atoms with van der Waals surface area (Å²) in [4.78, 5) is 26.2. The van der Waals surface area contributed by atoms with E-state index in [0.29, 0.717) is 41.9 Å². The number of alkyl halides is 6. The summed E-state index contributed by atoms with van der Waals surface area (Å²) < 4.78 is 112. The van der Waals surface area contributed by atoms with Crippen LogP contribution in [-0.2, 0) is 21.8 Å². The summed E-state index contributed by atoms with van der Waals surface area (Å²) in [5.74, 6) is -0.855. The van der Waals surface area contributed by atoms with Gasteiger partial charge < -0.3 is 14.2 Å². The van der Waals surface area contributed by atoms with E-state index in [1.165, 1.54) is 38.2 Å². The Morgan fingerprint density at radius 3 is 2.15 bits per heavy atom. The molecule has 6 nitrogen and oxygen atoms in total. The predicted molar refractivity (Wildman–Crippen MR) is 157 cm³/mol. The first kappa shape index (κ1) is 33.8. The van der Waals surface area contributed by atoms with Gasteiger partial charge in [0, 0.05) is 17.7 Å². The van der Waals surface area contributed by atoms with E-state index in [9.17, 15) is 35.9 Å². The molecule has 0 saturated carbocycles. The van der Waals surface area contributed by atoms with Crippen molar-refractivity contribution in [1.82, 2.24) is 4.90 Å². The fraction of sp³-hybridized carbons (Fsp3) is 0.353. The molecule has 0 N–H and O–H groups in total. The van der Waals surface area contributed by atoms with Crippen LogP contribution in [0, 0.1) is 5.82 Å². The van der Waals surface area contributed by atoms with E-state index in [1.807, 2.05) is 0 Å². The molecule has 1 heterocycles. The highest BCUT2D eigenvalue weighted by Crippen LogP contribution is 2.43. The third-order valence-corrected chi connectivity index (χ3v) is 8.50. The van der Waals surface area contributed by atoms with Crippen molar-refractivity contribution in [2.45, 2.75) is 57.1 Å². The lowest BCUT2D eigenvalue weighted by atomic mass is 9.85. The van der Waals surface area contributed by atoms with E-state index < -0.39 is 59.1 Å². The van der Waals surface area contributed by atoms with E-state index in [4.69, 9.17) is 9.47 Å². The van der Waals surface area contributed by atoms with Crippen molar-refractivity contribution in [2.75, 3.05) is 20.8 Å². The Kier molecular flexibility index (Phi) is 9.29. The van der Waals surface area contributed by atoms with Crippen molar-refractivity contribution in [1.29, 1.82) is 0 Å². The topological polar surface area (TPSA) is 65.1 Å². The zero-order chi connectivity index (χ0) is 34.3. The molecule has 0 radical (unpaired) electrons. The zero-order valence-electron chi connectivity index (χ0n) is 25.5. The molecule has 250 valence electrons. The van der Waals surface area contributed by atoms with Crippen LogP contribution in [0.4, 0.5) is 35.5 Å². The van der Waals surface area contributed by atoms with Crippen LogP contribution in [0.25, 0.3) is 16.7 Å². The molecular formula is C34H30F7NO5. The van der Waals surface area contributed by atoms with Gasteiger partial charge in [-0.25, -0.2) is 14.0 Å². The number of rotatable bonds is 7. The van der Waals surface area contributed by atoms with E-state index in [2.05, 4.69) is 4.74 Å². The van der Waals surface area contributed by atoms with Crippen LogP contribution in [-0.4, -0.2) is 43.8 Å². The number of ether oxygens (including phenoxy) is 3. The molecule has 1 aliphatic carbocycles. The second-order valence-corrected chi connectivity index (χ2v) is 11.4. The van der Waals surface area contributed by atoms with E-state index in [1.54, 1.807) is 18.2 Å². The Morgan fingerprint density at radius 1 is 0.894 bits per heavy atom. The minimum absolute atomic E-state index is 0.00644. The van der Waals surface area contributed by atoms with Crippen molar-refractivity contribution in [3.8, 4) is 16.9 Å². The fourth-order valence-corrected chi connectivity index (χ4v) is 6.08. The Hall–Kier alpha value is -4.55. The van der Waals surface area contributed by atoms with Gasteiger partial charge in [-0.2, -0.15) is 26.3 Å². The number of hydrogen-bond acceptors (Lipinski definition) is 5. The summed E-state index contributed by atoms with van der Waals surface area (Å²) in [6.07, 6.45) is -9.68. The van der Waals surface area contributed by atoms with E-state index >= 15 is 4.39 Å². The summed E-state index contributed by atoms with van der Waals surface area (Å²) in [5, 5.41) is 0. The van der Waals surface area contributed by atoms with Crippen LogP contribution in [0.5, 0.6) is 5.75 Å². The van der Waals surface area contributed by atoms with Gasteiger partial charge in [-0.1, -0.05) is 12.1 Å². The van der Waals surface area contributed by atoms with Crippen LogP contribution in [0.3, 0.4) is 0 Å². The van der Waals surface area contributed by atoms with Gasteiger partial charge in [-0.3, -0.25) is 4.90 Å². The van der Waals surface area contributed by atoms with Crippen molar-refractivity contribution in [2.24, 2.45) is 0 Å². The Bertz CT molecular complexity index is 1700. The quantitative estimate of drug-likeness (QED) is 0.186. The minimum Gasteiger partial charge on any atom is -0.496 e. The van der Waals surface area contributed by atoms with Crippen LogP contribution in [0.1, 0.15) is 71.3 Å². The minimum atomic E-state index is -5.05. The molecule has 2 aliphatic rings. The van der Waals surface area contributed by atoms with Gasteiger partial charge in [-0.15, -0.1) is 0 Å². The molecule has 0 spiro atoms. The monoisotopic (exact) mass is 665 g/mol. The lowest BCUT2D eigenvalue weighted by Gasteiger charge is -2.28. The third-order valence-electron chi connectivity index (χ3n) is 8.50. The number of halogens is 7. The van der Waals surface area contributed by atoms with Gasteiger partial charge in [0.2, 0.25) is 0 Å². The summed E-state index contributed by atoms with van der Waals surface area (Å²) in [6.45, 7) is 1.51. The predicted octanol–water partition coefficient (Wildman–Crippen LogP) is 9.24. The molecule has 2 atom stereocenters. The molecule has 0 bridgehead atoms. The molecule has 1 aliphatic heterocycles. The maximum atomic E-state index is 15.1. The lowest BCUT2D eigenvalue weighted by molar-refractivity contribution is -0.143. The maximum Gasteiger partial charge on any atom is 0.416 e. The van der Waals surface area contributed by atoms with Crippen molar-refractivity contribution in [3.63, 3.8) is 0 Å². The summed E-state index contributed by atoms with van der Waals surface area (Å²) in [6, 6.07) is 9.34. The molecule has 1 saturated heterocycles. The third kappa shape index (κ3) is 6.93. The lowest BCUT2D eigenvalue weighted by Crippen LogP contribution is -2.34. The molecule has 47 heavy (non-hydrogen) atoms. The van der Waals surface area contributed by atoms with Crippen LogP contribution >= 0.6 is 0 Å². The maximum absolute atomic E-state index is 15.1. The van der Waals surface area contributed by atoms with Crippen molar-refractivity contribution >= 4 is 17.6 Å². The van der Waals surface area contributed by atoms with Crippen LogP contribution < -0.4 is 4.74 Å². The van der Waals surface area contributed by atoms with Gasteiger partial charge in [0.1, 0.15) is 17.7 Å². The van der Waals surface area contributed by atoms with E-state index in [0.717, 1.165) is 30.1 Å². The summed E-state index contributed by atoms with van der Waals surface area (Å²) in [5.41, 5.74) is -0.381. The Morgan fingerprint density at radius 2 is 1.55 bits per heavy atom. The number of cyclic esters (lactones) is 1. The van der Waals surface area contributed by atoms with Crippen LogP contribution in [0.15, 0.2) is 60.2 Å². The summed E-state index contributed by atoms with van der Waals surface area (Å²) >= 11 is 0. The first-order valence-electron chi connectivity index (χ1n) is 14.7. The van der Waals surface area contributed by atoms with Gasteiger partial charge in [0.15, 0.2) is 0 Å². The number of hydrogen-bond donors (Lipinski definition) is 0.